The third-order valence-electron chi connectivity index (χ3n) is 4.52. The van der Waals surface area contributed by atoms with Gasteiger partial charge in [0.25, 0.3) is 0 Å². The van der Waals surface area contributed by atoms with Crippen molar-refractivity contribution in [1.82, 2.24) is 0 Å². The summed E-state index contributed by atoms with van der Waals surface area (Å²) in [4.78, 5) is 11.2. The SMILES string of the molecule is COc1ccc(OCc2ccccc2)c(F)c1C(CC(=O)O)C1CC1. The summed E-state index contributed by atoms with van der Waals surface area (Å²) in [7, 11) is 1.47. The molecule has 4 nitrogen and oxygen atoms in total. The molecule has 2 aromatic carbocycles. The molecule has 0 heterocycles. The number of carbonyl (C=O) groups is 1. The average Bonchev–Trinajstić information content (AvgIpc) is 3.44. The monoisotopic (exact) mass is 344 g/mol. The van der Waals surface area contributed by atoms with Crippen molar-refractivity contribution < 1.29 is 23.8 Å². The average molecular weight is 344 g/mol. The molecule has 0 amide bonds. The Labute approximate surface area is 146 Å². The highest BCUT2D eigenvalue weighted by atomic mass is 19.1. The summed E-state index contributed by atoms with van der Waals surface area (Å²) in [5.74, 6) is -1.17. The Bertz CT molecular complexity index is 741. The van der Waals surface area contributed by atoms with E-state index in [1.54, 1.807) is 6.07 Å². The van der Waals surface area contributed by atoms with E-state index in [0.29, 0.717) is 11.3 Å². The molecular formula is C20H21FO4. The summed E-state index contributed by atoms with van der Waals surface area (Å²) in [6, 6.07) is 12.7. The largest absolute Gasteiger partial charge is 0.496 e. The van der Waals surface area contributed by atoms with Crippen LogP contribution in [0, 0.1) is 11.7 Å². The molecule has 1 aliphatic carbocycles. The molecule has 0 saturated heterocycles. The highest BCUT2D eigenvalue weighted by Gasteiger charge is 2.37. The van der Waals surface area contributed by atoms with Crippen molar-refractivity contribution in [3.05, 3.63) is 59.4 Å². The normalized spacial score (nSPS) is 14.8. The number of hydrogen-bond donors (Lipinski definition) is 1. The van der Waals surface area contributed by atoms with E-state index in [2.05, 4.69) is 0 Å². The molecule has 1 atom stereocenters. The number of aliphatic carboxylic acids is 1. The van der Waals surface area contributed by atoms with E-state index in [1.165, 1.54) is 13.2 Å². The first-order chi connectivity index (χ1) is 12.1. The van der Waals surface area contributed by atoms with Gasteiger partial charge < -0.3 is 14.6 Å². The van der Waals surface area contributed by atoms with Crippen molar-refractivity contribution in [2.75, 3.05) is 7.11 Å². The van der Waals surface area contributed by atoms with Crippen molar-refractivity contribution in [3.8, 4) is 11.5 Å². The van der Waals surface area contributed by atoms with Gasteiger partial charge in [-0.15, -0.1) is 0 Å². The molecule has 3 rings (SSSR count). The lowest BCUT2D eigenvalue weighted by molar-refractivity contribution is -0.137. The summed E-state index contributed by atoms with van der Waals surface area (Å²) in [6.45, 7) is 0.247. The Morgan fingerprint density at radius 3 is 2.48 bits per heavy atom. The second kappa shape index (κ2) is 7.55. The van der Waals surface area contributed by atoms with Gasteiger partial charge >= 0.3 is 5.97 Å². The summed E-state index contributed by atoms with van der Waals surface area (Å²) in [5.41, 5.74) is 1.25. The Morgan fingerprint density at radius 1 is 1.20 bits per heavy atom. The molecule has 25 heavy (non-hydrogen) atoms. The van der Waals surface area contributed by atoms with E-state index >= 15 is 4.39 Å². The molecule has 1 saturated carbocycles. The van der Waals surface area contributed by atoms with Gasteiger partial charge in [0.05, 0.1) is 13.5 Å². The zero-order valence-corrected chi connectivity index (χ0v) is 14.1. The van der Waals surface area contributed by atoms with Gasteiger partial charge in [0.2, 0.25) is 0 Å². The second-order valence-electron chi connectivity index (χ2n) is 6.31. The van der Waals surface area contributed by atoms with Gasteiger partial charge in [-0.3, -0.25) is 4.79 Å². The number of benzene rings is 2. The minimum absolute atomic E-state index is 0.111. The van der Waals surface area contributed by atoms with Crippen LogP contribution in [0.1, 0.15) is 36.3 Å². The van der Waals surface area contributed by atoms with E-state index in [9.17, 15) is 9.90 Å². The van der Waals surface area contributed by atoms with Crippen LogP contribution in [0.4, 0.5) is 4.39 Å². The molecule has 0 spiro atoms. The molecule has 0 aromatic heterocycles. The number of rotatable bonds is 8. The third-order valence-corrected chi connectivity index (χ3v) is 4.52. The number of halogens is 1. The molecule has 1 fully saturated rings. The first kappa shape index (κ1) is 17.3. The van der Waals surface area contributed by atoms with Crippen LogP contribution in [0.15, 0.2) is 42.5 Å². The Balaban J connectivity index is 1.89. The molecular weight excluding hydrogens is 323 g/mol. The van der Waals surface area contributed by atoms with Crippen LogP contribution in [-0.2, 0) is 11.4 Å². The van der Waals surface area contributed by atoms with E-state index < -0.39 is 17.7 Å². The maximum absolute atomic E-state index is 15.1. The predicted octanol–water partition coefficient (Wildman–Crippen LogP) is 4.38. The lowest BCUT2D eigenvalue weighted by Crippen LogP contribution is -2.12. The predicted molar refractivity (Wildman–Crippen MR) is 91.4 cm³/mol. The van der Waals surface area contributed by atoms with Crippen LogP contribution in [0.3, 0.4) is 0 Å². The molecule has 5 heteroatoms. The molecule has 132 valence electrons. The first-order valence-corrected chi connectivity index (χ1v) is 8.35. The van der Waals surface area contributed by atoms with Crippen molar-refractivity contribution in [2.45, 2.75) is 31.8 Å². The van der Waals surface area contributed by atoms with Crippen molar-refractivity contribution >= 4 is 5.97 Å². The first-order valence-electron chi connectivity index (χ1n) is 8.35. The number of carboxylic acid groups (broad SMARTS) is 1. The molecule has 1 N–H and O–H groups in total. The van der Waals surface area contributed by atoms with Crippen molar-refractivity contribution in [1.29, 1.82) is 0 Å². The Kier molecular flexibility index (Phi) is 5.22. The maximum Gasteiger partial charge on any atom is 0.303 e. The van der Waals surface area contributed by atoms with Crippen LogP contribution < -0.4 is 9.47 Å². The summed E-state index contributed by atoms with van der Waals surface area (Å²) >= 11 is 0. The van der Waals surface area contributed by atoms with Gasteiger partial charge in [0.15, 0.2) is 11.6 Å². The molecule has 0 radical (unpaired) electrons. The van der Waals surface area contributed by atoms with Gasteiger partial charge in [-0.05, 0) is 36.5 Å². The number of ether oxygens (including phenoxy) is 2. The van der Waals surface area contributed by atoms with Crippen molar-refractivity contribution in [3.63, 3.8) is 0 Å². The van der Waals surface area contributed by atoms with E-state index in [-0.39, 0.29) is 24.7 Å². The van der Waals surface area contributed by atoms with Crippen LogP contribution >= 0.6 is 0 Å². The van der Waals surface area contributed by atoms with Crippen LogP contribution in [0.25, 0.3) is 0 Å². The van der Waals surface area contributed by atoms with E-state index in [4.69, 9.17) is 9.47 Å². The molecule has 1 aliphatic rings. The smallest absolute Gasteiger partial charge is 0.303 e. The molecule has 0 aliphatic heterocycles. The van der Waals surface area contributed by atoms with E-state index in [1.807, 2.05) is 30.3 Å². The fourth-order valence-corrected chi connectivity index (χ4v) is 3.12. The lowest BCUT2D eigenvalue weighted by Gasteiger charge is -2.20. The van der Waals surface area contributed by atoms with Crippen LogP contribution in [0.5, 0.6) is 11.5 Å². The zero-order chi connectivity index (χ0) is 17.8. The topological polar surface area (TPSA) is 55.8 Å². The highest BCUT2D eigenvalue weighted by molar-refractivity contribution is 5.68. The number of hydrogen-bond acceptors (Lipinski definition) is 3. The minimum Gasteiger partial charge on any atom is -0.496 e. The molecule has 0 bridgehead atoms. The van der Waals surface area contributed by atoms with Gasteiger partial charge in [-0.1, -0.05) is 30.3 Å². The summed E-state index contributed by atoms with van der Waals surface area (Å²) in [5, 5.41) is 9.20. The quantitative estimate of drug-likeness (QED) is 0.772. The van der Waals surface area contributed by atoms with Crippen molar-refractivity contribution in [2.24, 2.45) is 5.92 Å². The zero-order valence-electron chi connectivity index (χ0n) is 14.1. The summed E-state index contributed by atoms with van der Waals surface area (Å²) < 4.78 is 26.0. The fraction of sp³-hybridized carbons (Fsp3) is 0.350. The minimum atomic E-state index is -0.936. The van der Waals surface area contributed by atoms with Gasteiger partial charge in [0.1, 0.15) is 12.4 Å². The Morgan fingerprint density at radius 2 is 1.88 bits per heavy atom. The summed E-state index contributed by atoms with van der Waals surface area (Å²) in [6.07, 6.45) is 1.71. The highest BCUT2D eigenvalue weighted by Crippen LogP contribution is 2.49. The second-order valence-corrected chi connectivity index (χ2v) is 6.31. The van der Waals surface area contributed by atoms with E-state index in [0.717, 1.165) is 18.4 Å². The molecule has 1 unspecified atom stereocenters. The fourth-order valence-electron chi connectivity index (χ4n) is 3.12. The van der Waals surface area contributed by atoms with Crippen LogP contribution in [-0.4, -0.2) is 18.2 Å². The van der Waals surface area contributed by atoms with Crippen LogP contribution in [0.2, 0.25) is 0 Å². The van der Waals surface area contributed by atoms with Gasteiger partial charge in [-0.2, -0.15) is 0 Å². The maximum atomic E-state index is 15.1. The third kappa shape index (κ3) is 4.10. The number of carboxylic acids is 1. The lowest BCUT2D eigenvalue weighted by atomic mass is 9.89. The number of methoxy groups -OCH3 is 1. The standard InChI is InChI=1S/C20H21FO4/c1-24-16-9-10-17(25-12-13-5-3-2-4-6-13)20(21)19(16)15(11-18(22)23)14-7-8-14/h2-6,9-10,14-15H,7-8,11-12H2,1H3,(H,22,23). The van der Waals surface area contributed by atoms with Gasteiger partial charge in [-0.25, -0.2) is 4.39 Å². The Hall–Kier alpha value is -2.56. The molecule has 2 aromatic rings. The van der Waals surface area contributed by atoms with Gasteiger partial charge in [0, 0.05) is 11.5 Å².